The molecule has 144 valence electrons. The number of aromatic nitrogens is 2. The Kier molecular flexibility index (Phi) is 4.53. The van der Waals surface area contributed by atoms with Crippen molar-refractivity contribution in [3.05, 3.63) is 48.5 Å². The number of nitrogens with one attached hydrogen (secondary N) is 1. The van der Waals surface area contributed by atoms with Crippen LogP contribution >= 0.6 is 34.9 Å². The Morgan fingerprint density at radius 2 is 2.14 bits per heavy atom. The summed E-state index contributed by atoms with van der Waals surface area (Å²) in [5, 5.41) is 17.6. The maximum Gasteiger partial charge on any atom is 0.216 e. The van der Waals surface area contributed by atoms with Gasteiger partial charge in [0.15, 0.2) is 9.74 Å². The quantitative estimate of drug-likeness (QED) is 0.682. The second-order valence-corrected chi connectivity index (χ2v) is 10.8. The molecule has 0 bridgehead atoms. The first-order chi connectivity index (χ1) is 13.2. The average molecular weight is 430 g/mol. The number of thiophene rings is 1. The number of nitrogens with two attached hydrogens (primary N) is 1. The topological polar surface area (TPSA) is 98.8 Å². The number of nitrogens with zero attached hydrogens (tertiary/aromatic N) is 3. The maximum atomic E-state index is 13.3. The zero-order valence-corrected chi connectivity index (χ0v) is 18.1. The number of H-pyrrole nitrogens is 1. The van der Waals surface area contributed by atoms with E-state index in [-0.39, 0.29) is 11.2 Å². The first-order valence-electron chi connectivity index (χ1n) is 8.80. The largest absolute Gasteiger partial charge is 0.384 e. The highest BCUT2D eigenvalue weighted by atomic mass is 32.1. The molecule has 1 aliphatic carbocycles. The van der Waals surface area contributed by atoms with Crippen molar-refractivity contribution in [3.63, 3.8) is 0 Å². The van der Waals surface area contributed by atoms with Crippen molar-refractivity contribution in [1.29, 1.82) is 5.26 Å². The van der Waals surface area contributed by atoms with Crippen molar-refractivity contribution in [1.82, 2.24) is 10.2 Å². The Labute approximate surface area is 176 Å². The molecule has 9 heteroatoms. The Morgan fingerprint density at radius 3 is 2.71 bits per heavy atom. The molecule has 0 amide bonds. The smallest absolute Gasteiger partial charge is 0.216 e. The van der Waals surface area contributed by atoms with Gasteiger partial charge < -0.3 is 5.73 Å². The van der Waals surface area contributed by atoms with Crippen molar-refractivity contribution in [3.8, 4) is 6.07 Å². The van der Waals surface area contributed by atoms with Gasteiger partial charge in [0.25, 0.3) is 0 Å². The van der Waals surface area contributed by atoms with E-state index in [1.165, 1.54) is 11.3 Å². The number of allylic oxidation sites excluding steroid dienone is 3. The van der Waals surface area contributed by atoms with Crippen LogP contribution in [0.25, 0.3) is 0 Å². The van der Waals surface area contributed by atoms with E-state index in [0.29, 0.717) is 38.9 Å². The van der Waals surface area contributed by atoms with Crippen molar-refractivity contribution in [2.45, 2.75) is 39.5 Å². The molecule has 0 spiro atoms. The van der Waals surface area contributed by atoms with Crippen LogP contribution in [0.15, 0.2) is 34.8 Å². The second kappa shape index (κ2) is 6.65. The molecule has 0 saturated carbocycles. The molecule has 0 radical (unpaired) electrons. The van der Waals surface area contributed by atoms with Crippen LogP contribution in [-0.4, -0.2) is 16.0 Å². The number of hydrogen-bond acceptors (Lipinski definition) is 8. The predicted molar refractivity (Wildman–Crippen MR) is 113 cm³/mol. The highest BCUT2D eigenvalue weighted by Gasteiger charge is 2.45. The lowest BCUT2D eigenvalue weighted by atomic mass is 9.70. The molecular formula is C19H19N5OS3. The van der Waals surface area contributed by atoms with Crippen LogP contribution in [0.1, 0.15) is 42.4 Å². The molecule has 4 rings (SSSR count). The van der Waals surface area contributed by atoms with Gasteiger partial charge in [0, 0.05) is 27.4 Å². The predicted octanol–water partition coefficient (Wildman–Crippen LogP) is 4.51. The van der Waals surface area contributed by atoms with Crippen molar-refractivity contribution in [2.75, 3.05) is 4.90 Å². The number of carbonyl (C=O) groups excluding carboxylic acids is 1. The molecule has 3 N–H and O–H groups in total. The third kappa shape index (κ3) is 3.02. The number of nitriles is 1. The number of aryl methyl sites for hydroxylation is 1. The summed E-state index contributed by atoms with van der Waals surface area (Å²) in [5.41, 5.74) is 8.18. The lowest BCUT2D eigenvalue weighted by molar-refractivity contribution is -0.118. The molecule has 1 atom stereocenters. The van der Waals surface area contributed by atoms with Gasteiger partial charge in [0.2, 0.25) is 5.13 Å². The molecule has 3 heterocycles. The fourth-order valence-electron chi connectivity index (χ4n) is 3.94. The molecule has 6 nitrogen and oxygen atoms in total. The van der Waals surface area contributed by atoms with Crippen molar-refractivity contribution >= 4 is 45.8 Å². The van der Waals surface area contributed by atoms with Gasteiger partial charge in [-0.1, -0.05) is 25.2 Å². The summed E-state index contributed by atoms with van der Waals surface area (Å²) < 4.78 is 0.515. The SMILES string of the molecule is Cc1ccc(C2C(C#N)=C(N)N(c3n[nH]c(=S)s3)C3=C2C(=O)CC(C)(C)C3)s1. The van der Waals surface area contributed by atoms with E-state index in [9.17, 15) is 10.1 Å². The summed E-state index contributed by atoms with van der Waals surface area (Å²) in [6.45, 7) is 6.16. The van der Waals surface area contributed by atoms with Crippen LogP contribution in [0.3, 0.4) is 0 Å². The minimum Gasteiger partial charge on any atom is -0.384 e. The number of Topliss-reactive ketones (excluding diaryl/α,β-unsaturated/α-hetero) is 1. The van der Waals surface area contributed by atoms with E-state index in [1.807, 2.05) is 19.1 Å². The van der Waals surface area contributed by atoms with Gasteiger partial charge in [0.05, 0.1) is 17.6 Å². The molecule has 0 aromatic carbocycles. The summed E-state index contributed by atoms with van der Waals surface area (Å²) in [6, 6.07) is 6.26. The summed E-state index contributed by atoms with van der Waals surface area (Å²) in [6.07, 6.45) is 1.11. The molecule has 0 fully saturated rings. The molecule has 1 unspecified atom stereocenters. The minimum absolute atomic E-state index is 0.0617. The van der Waals surface area contributed by atoms with Crippen LogP contribution in [0.2, 0.25) is 0 Å². The number of anilines is 1. The summed E-state index contributed by atoms with van der Waals surface area (Å²) in [7, 11) is 0. The Morgan fingerprint density at radius 1 is 1.39 bits per heavy atom. The number of ketones is 1. The first kappa shape index (κ1) is 19.1. The zero-order chi connectivity index (χ0) is 20.2. The molecule has 0 saturated heterocycles. The van der Waals surface area contributed by atoms with Crippen LogP contribution in [0.4, 0.5) is 5.13 Å². The van der Waals surface area contributed by atoms with Crippen LogP contribution in [0.5, 0.6) is 0 Å². The van der Waals surface area contributed by atoms with Gasteiger partial charge >= 0.3 is 0 Å². The number of carbonyl (C=O) groups is 1. The summed E-state index contributed by atoms with van der Waals surface area (Å²) in [4.78, 5) is 17.1. The maximum absolute atomic E-state index is 13.3. The fraction of sp³-hybridized carbons (Fsp3) is 0.368. The van der Waals surface area contributed by atoms with Crippen LogP contribution in [-0.2, 0) is 4.79 Å². The monoisotopic (exact) mass is 429 g/mol. The molecule has 1 aliphatic heterocycles. The van der Waals surface area contributed by atoms with E-state index in [4.69, 9.17) is 18.0 Å². The molecule has 28 heavy (non-hydrogen) atoms. The Balaban J connectivity index is 2.01. The van der Waals surface area contributed by atoms with Gasteiger partial charge in [-0.2, -0.15) is 5.26 Å². The third-order valence-corrected chi connectivity index (χ3v) is 7.18. The fourth-order valence-corrected chi connectivity index (χ4v) is 5.85. The third-order valence-electron chi connectivity index (χ3n) is 5.04. The molecular weight excluding hydrogens is 410 g/mol. The highest BCUT2D eigenvalue weighted by Crippen LogP contribution is 2.51. The zero-order valence-electron chi connectivity index (χ0n) is 15.7. The van der Waals surface area contributed by atoms with Gasteiger partial charge in [-0.25, -0.2) is 0 Å². The standard InChI is InChI=1S/C19H19N5OS3/c1-9-4-5-13(27-9)14-10(8-20)16(21)24(17-22-23-18(26)28-17)11-6-19(2,3)7-12(25)15(11)14/h4-5,14H,6-7,21H2,1-3H3,(H,23,26). The van der Waals surface area contributed by atoms with Gasteiger partial charge in [-0.15, -0.1) is 16.4 Å². The Bertz CT molecular complexity index is 1140. The molecule has 2 aromatic heterocycles. The second-order valence-electron chi connectivity index (χ2n) is 7.82. The van der Waals surface area contributed by atoms with Crippen LogP contribution < -0.4 is 10.6 Å². The molecule has 2 aromatic rings. The van der Waals surface area contributed by atoms with Crippen LogP contribution in [0, 0.1) is 27.6 Å². The van der Waals surface area contributed by atoms with E-state index in [1.54, 1.807) is 16.2 Å². The van der Waals surface area contributed by atoms with E-state index >= 15 is 0 Å². The number of hydrogen-bond donors (Lipinski definition) is 2. The van der Waals surface area contributed by atoms with Gasteiger partial charge in [0.1, 0.15) is 5.82 Å². The minimum atomic E-state index is -0.425. The van der Waals surface area contributed by atoms with E-state index in [2.05, 4.69) is 30.1 Å². The normalized spacial score (nSPS) is 21.7. The van der Waals surface area contributed by atoms with Crippen molar-refractivity contribution in [2.24, 2.45) is 11.1 Å². The van der Waals surface area contributed by atoms with Gasteiger partial charge in [-0.3, -0.25) is 14.8 Å². The number of rotatable bonds is 2. The van der Waals surface area contributed by atoms with E-state index in [0.717, 1.165) is 15.5 Å². The van der Waals surface area contributed by atoms with Gasteiger partial charge in [-0.05, 0) is 43.1 Å². The van der Waals surface area contributed by atoms with E-state index < -0.39 is 5.92 Å². The first-order valence-corrected chi connectivity index (χ1v) is 10.8. The summed E-state index contributed by atoms with van der Waals surface area (Å²) in [5.74, 6) is -0.0438. The van der Waals surface area contributed by atoms with Crippen molar-refractivity contribution < 1.29 is 4.79 Å². The molecule has 2 aliphatic rings. The average Bonchev–Trinajstić information content (AvgIpc) is 3.21. The summed E-state index contributed by atoms with van der Waals surface area (Å²) >= 11 is 8.06. The lowest BCUT2D eigenvalue weighted by Gasteiger charge is -2.42. The lowest BCUT2D eigenvalue weighted by Crippen LogP contribution is -2.42. The number of aromatic amines is 1. The Hall–Kier alpha value is -2.28. The highest BCUT2D eigenvalue weighted by molar-refractivity contribution is 7.73.